The Morgan fingerprint density at radius 2 is 1.94 bits per heavy atom. The molecule has 0 saturated heterocycles. The number of amides is 1. The van der Waals surface area contributed by atoms with Crippen LogP contribution in [0.2, 0.25) is 0 Å². The Morgan fingerprint density at radius 1 is 1.22 bits per heavy atom. The maximum atomic E-state index is 11.8. The van der Waals surface area contributed by atoms with Crippen molar-refractivity contribution in [3.8, 4) is 0 Å². The first-order chi connectivity index (χ1) is 8.29. The molecule has 94 valence electrons. The van der Waals surface area contributed by atoms with Crippen molar-refractivity contribution in [1.29, 1.82) is 0 Å². The van der Waals surface area contributed by atoms with E-state index in [0.29, 0.717) is 17.3 Å². The van der Waals surface area contributed by atoms with E-state index in [4.69, 9.17) is 11.6 Å². The number of rotatable bonds is 3. The number of carbonyl (C=O) groups excluding carboxylic acids is 1. The zero-order valence-corrected chi connectivity index (χ0v) is 10.9. The number of halogens is 2. The highest BCUT2D eigenvalue weighted by molar-refractivity contribution is 6.17. The van der Waals surface area contributed by atoms with Crippen LogP contribution in [-0.2, 0) is 5.88 Å². The van der Waals surface area contributed by atoms with Gasteiger partial charge in [-0.05, 0) is 17.7 Å². The van der Waals surface area contributed by atoms with Crippen LogP contribution in [0.1, 0.15) is 15.9 Å². The SMILES string of the molecule is Cl.O=C(Nc1cnccn1)c1ccc(CCl)cc1. The lowest BCUT2D eigenvalue weighted by atomic mass is 10.1. The van der Waals surface area contributed by atoms with Gasteiger partial charge in [-0.3, -0.25) is 9.78 Å². The molecule has 1 N–H and O–H groups in total. The molecule has 0 saturated carbocycles. The number of alkyl halides is 1. The zero-order chi connectivity index (χ0) is 12.1. The molecule has 1 amide bonds. The highest BCUT2D eigenvalue weighted by Gasteiger charge is 2.06. The molecule has 1 aromatic carbocycles. The second-order valence-electron chi connectivity index (χ2n) is 3.38. The number of benzene rings is 1. The highest BCUT2D eigenvalue weighted by Crippen LogP contribution is 2.08. The van der Waals surface area contributed by atoms with Gasteiger partial charge in [-0.2, -0.15) is 0 Å². The van der Waals surface area contributed by atoms with Gasteiger partial charge in [-0.25, -0.2) is 4.98 Å². The van der Waals surface area contributed by atoms with Gasteiger partial charge in [-0.1, -0.05) is 12.1 Å². The minimum absolute atomic E-state index is 0. The lowest BCUT2D eigenvalue weighted by Gasteiger charge is -2.04. The molecule has 0 unspecified atom stereocenters. The van der Waals surface area contributed by atoms with Crippen LogP contribution in [0.3, 0.4) is 0 Å². The van der Waals surface area contributed by atoms with Gasteiger partial charge in [0.25, 0.3) is 5.91 Å². The van der Waals surface area contributed by atoms with Crippen molar-refractivity contribution in [3.63, 3.8) is 0 Å². The van der Waals surface area contributed by atoms with E-state index >= 15 is 0 Å². The Balaban J connectivity index is 0.00000162. The molecule has 0 aliphatic carbocycles. The summed E-state index contributed by atoms with van der Waals surface area (Å²) in [6, 6.07) is 7.09. The lowest BCUT2D eigenvalue weighted by Crippen LogP contribution is -2.12. The smallest absolute Gasteiger partial charge is 0.256 e. The van der Waals surface area contributed by atoms with E-state index in [1.54, 1.807) is 18.3 Å². The average molecular weight is 284 g/mol. The molecule has 1 aromatic heterocycles. The third-order valence-electron chi connectivity index (χ3n) is 2.18. The Hall–Kier alpha value is -1.65. The van der Waals surface area contributed by atoms with Crippen LogP contribution in [0.5, 0.6) is 0 Å². The van der Waals surface area contributed by atoms with E-state index in [9.17, 15) is 4.79 Å². The monoisotopic (exact) mass is 283 g/mol. The normalized spacial score (nSPS) is 9.39. The largest absolute Gasteiger partial charge is 0.305 e. The van der Waals surface area contributed by atoms with Gasteiger partial charge in [0.1, 0.15) is 0 Å². The molecule has 2 aromatic rings. The maximum absolute atomic E-state index is 11.8. The summed E-state index contributed by atoms with van der Waals surface area (Å²) in [5, 5.41) is 2.65. The number of hydrogen-bond acceptors (Lipinski definition) is 3. The fourth-order valence-electron chi connectivity index (χ4n) is 1.30. The quantitative estimate of drug-likeness (QED) is 0.882. The van der Waals surface area contributed by atoms with Gasteiger partial charge >= 0.3 is 0 Å². The van der Waals surface area contributed by atoms with Gasteiger partial charge in [-0.15, -0.1) is 24.0 Å². The fraction of sp³-hybridized carbons (Fsp3) is 0.0833. The molecular weight excluding hydrogens is 273 g/mol. The first-order valence-corrected chi connectivity index (χ1v) is 5.55. The molecule has 2 rings (SSSR count). The Kier molecular flexibility index (Phi) is 5.55. The minimum Gasteiger partial charge on any atom is -0.305 e. The summed E-state index contributed by atoms with van der Waals surface area (Å²) in [7, 11) is 0. The summed E-state index contributed by atoms with van der Waals surface area (Å²) in [6.07, 6.45) is 4.56. The second-order valence-corrected chi connectivity index (χ2v) is 3.64. The van der Waals surface area contributed by atoms with Gasteiger partial charge in [0.05, 0.1) is 6.20 Å². The summed E-state index contributed by atoms with van der Waals surface area (Å²) in [6.45, 7) is 0. The van der Waals surface area contributed by atoms with Crippen LogP contribution in [-0.4, -0.2) is 15.9 Å². The fourth-order valence-corrected chi connectivity index (χ4v) is 1.48. The maximum Gasteiger partial charge on any atom is 0.256 e. The predicted octanol–water partition coefficient (Wildman–Crippen LogP) is 2.89. The number of nitrogens with zero attached hydrogens (tertiary/aromatic N) is 2. The van der Waals surface area contributed by atoms with Crippen LogP contribution < -0.4 is 5.32 Å². The van der Waals surface area contributed by atoms with Crippen molar-refractivity contribution in [2.75, 3.05) is 5.32 Å². The molecule has 0 atom stereocenters. The Morgan fingerprint density at radius 3 is 2.50 bits per heavy atom. The van der Waals surface area contributed by atoms with E-state index in [0.717, 1.165) is 5.56 Å². The molecule has 0 radical (unpaired) electrons. The molecule has 0 spiro atoms. The van der Waals surface area contributed by atoms with Crippen molar-refractivity contribution in [3.05, 3.63) is 54.0 Å². The molecule has 0 fully saturated rings. The number of nitrogens with one attached hydrogen (secondary N) is 1. The van der Waals surface area contributed by atoms with Crippen molar-refractivity contribution in [2.45, 2.75) is 5.88 Å². The number of anilines is 1. The van der Waals surface area contributed by atoms with E-state index < -0.39 is 0 Å². The number of hydrogen-bond donors (Lipinski definition) is 1. The topological polar surface area (TPSA) is 54.9 Å². The van der Waals surface area contributed by atoms with Crippen LogP contribution >= 0.6 is 24.0 Å². The summed E-state index contributed by atoms with van der Waals surface area (Å²) in [5.74, 6) is 0.650. The number of carbonyl (C=O) groups is 1. The van der Waals surface area contributed by atoms with Gasteiger partial charge in [0.15, 0.2) is 5.82 Å². The molecule has 1 heterocycles. The molecule has 18 heavy (non-hydrogen) atoms. The zero-order valence-electron chi connectivity index (χ0n) is 9.34. The van der Waals surface area contributed by atoms with Gasteiger partial charge in [0, 0.05) is 23.8 Å². The summed E-state index contributed by atoms with van der Waals surface area (Å²) < 4.78 is 0. The van der Waals surface area contributed by atoms with Crippen molar-refractivity contribution >= 4 is 35.7 Å². The molecule has 0 bridgehead atoms. The minimum atomic E-state index is -0.216. The number of aromatic nitrogens is 2. The van der Waals surface area contributed by atoms with Crippen molar-refractivity contribution < 1.29 is 4.79 Å². The first-order valence-electron chi connectivity index (χ1n) is 5.02. The van der Waals surface area contributed by atoms with E-state index in [-0.39, 0.29) is 18.3 Å². The van der Waals surface area contributed by atoms with Crippen molar-refractivity contribution in [2.24, 2.45) is 0 Å². The van der Waals surface area contributed by atoms with E-state index in [2.05, 4.69) is 15.3 Å². The van der Waals surface area contributed by atoms with Crippen molar-refractivity contribution in [1.82, 2.24) is 9.97 Å². The first kappa shape index (κ1) is 14.4. The van der Waals surface area contributed by atoms with Crippen LogP contribution in [0, 0.1) is 0 Å². The van der Waals surface area contributed by atoms with Gasteiger partial charge < -0.3 is 5.32 Å². The predicted molar refractivity (Wildman–Crippen MR) is 73.2 cm³/mol. The summed E-state index contributed by atoms with van der Waals surface area (Å²) in [5.41, 5.74) is 1.53. The molecule has 6 heteroatoms. The van der Waals surface area contributed by atoms with Gasteiger partial charge in [0.2, 0.25) is 0 Å². The second kappa shape index (κ2) is 6.93. The Labute approximate surface area is 116 Å². The molecular formula is C12H11Cl2N3O. The third-order valence-corrected chi connectivity index (χ3v) is 2.48. The molecule has 4 nitrogen and oxygen atoms in total. The molecule has 0 aliphatic heterocycles. The van der Waals surface area contributed by atoms with Crippen LogP contribution in [0.15, 0.2) is 42.9 Å². The lowest BCUT2D eigenvalue weighted by molar-refractivity contribution is 0.102. The Bertz CT molecular complexity index is 502. The standard InChI is InChI=1S/C12H10ClN3O.ClH/c13-7-9-1-3-10(4-2-9)12(17)16-11-8-14-5-6-15-11;/h1-6,8H,7H2,(H,15,16,17);1H. The average Bonchev–Trinajstić information content (AvgIpc) is 2.40. The summed E-state index contributed by atoms with van der Waals surface area (Å²) in [4.78, 5) is 19.6. The molecule has 0 aliphatic rings. The highest BCUT2D eigenvalue weighted by atomic mass is 35.5. The summed E-state index contributed by atoms with van der Waals surface area (Å²) >= 11 is 5.67. The van der Waals surface area contributed by atoms with Crippen LogP contribution in [0.4, 0.5) is 5.82 Å². The van der Waals surface area contributed by atoms with E-state index in [1.165, 1.54) is 12.4 Å². The third kappa shape index (κ3) is 3.68. The van der Waals surface area contributed by atoms with E-state index in [1.807, 2.05) is 12.1 Å². The van der Waals surface area contributed by atoms with Crippen LogP contribution in [0.25, 0.3) is 0 Å².